The summed E-state index contributed by atoms with van der Waals surface area (Å²) in [7, 11) is 0. The molecule has 0 aromatic heterocycles. The van der Waals surface area contributed by atoms with Gasteiger partial charge in [0.25, 0.3) is 5.91 Å². The van der Waals surface area contributed by atoms with Crippen LogP contribution in [-0.2, 0) is 15.6 Å². The molecule has 1 aliphatic heterocycles. The Kier molecular flexibility index (Phi) is 4.97. The fraction of sp³-hybridized carbons (Fsp3) is 0.474. The molecule has 25 heavy (non-hydrogen) atoms. The summed E-state index contributed by atoms with van der Waals surface area (Å²) in [6.07, 6.45) is 0.470. The molecule has 1 fully saturated rings. The highest BCUT2D eigenvalue weighted by molar-refractivity contribution is 8.04. The zero-order valence-electron chi connectivity index (χ0n) is 15.5. The van der Waals surface area contributed by atoms with Crippen LogP contribution in [0.3, 0.4) is 0 Å². The summed E-state index contributed by atoms with van der Waals surface area (Å²) in [5, 5.41) is 19.8. The highest BCUT2D eigenvalue weighted by Gasteiger charge is 2.32. The maximum atomic E-state index is 12.2. The Morgan fingerprint density at radius 2 is 1.60 bits per heavy atom. The molecule has 0 spiro atoms. The molecule has 0 aliphatic carbocycles. The second kappa shape index (κ2) is 6.41. The van der Waals surface area contributed by atoms with Crippen molar-refractivity contribution in [2.45, 2.75) is 52.4 Å². The molecule has 2 N–H and O–H groups in total. The van der Waals surface area contributed by atoms with Crippen molar-refractivity contribution in [3.05, 3.63) is 33.7 Å². The Hall–Kier alpha value is -1.95. The first kappa shape index (κ1) is 19.4. The molecule has 1 heterocycles. The molecule has 0 unspecified atom stereocenters. The van der Waals surface area contributed by atoms with Gasteiger partial charge >= 0.3 is 6.09 Å². The summed E-state index contributed by atoms with van der Waals surface area (Å²) in [5.41, 5.74) is 1.86. The minimum Gasteiger partial charge on any atom is -0.507 e. The number of phenolic OH excluding ortho intramolecular Hbond substituents is 1. The summed E-state index contributed by atoms with van der Waals surface area (Å²) in [5.74, 6) is -0.115. The molecule has 5 nitrogen and oxygen atoms in total. The van der Waals surface area contributed by atoms with E-state index in [0.29, 0.717) is 4.91 Å². The zero-order chi connectivity index (χ0) is 19.2. The minimum atomic E-state index is -1.24. The van der Waals surface area contributed by atoms with E-state index in [2.05, 4.69) is 0 Å². The van der Waals surface area contributed by atoms with Crippen molar-refractivity contribution in [3.63, 3.8) is 0 Å². The van der Waals surface area contributed by atoms with Gasteiger partial charge in [-0.15, -0.1) is 0 Å². The number of carbonyl (C=O) groups is 2. The van der Waals surface area contributed by atoms with Crippen molar-refractivity contribution >= 4 is 29.8 Å². The third-order valence-corrected chi connectivity index (χ3v) is 5.07. The molecular formula is C19H25NO4S. The lowest BCUT2D eigenvalue weighted by molar-refractivity contribution is -0.122. The van der Waals surface area contributed by atoms with Crippen LogP contribution in [-0.4, -0.2) is 33.0 Å². The maximum Gasteiger partial charge on any atom is 0.415 e. The molecule has 6 heteroatoms. The lowest BCUT2D eigenvalue weighted by atomic mass is 9.78. The Balaban J connectivity index is 2.58. The van der Waals surface area contributed by atoms with E-state index in [-0.39, 0.29) is 22.5 Å². The highest BCUT2D eigenvalue weighted by atomic mass is 32.2. The van der Waals surface area contributed by atoms with Crippen molar-refractivity contribution in [1.29, 1.82) is 0 Å². The number of nitrogens with zero attached hydrogens (tertiary/aromatic N) is 1. The van der Waals surface area contributed by atoms with Gasteiger partial charge in [0.05, 0.1) is 10.8 Å². The maximum absolute atomic E-state index is 12.2. The molecule has 1 saturated heterocycles. The summed E-state index contributed by atoms with van der Waals surface area (Å²) < 4.78 is 0. The van der Waals surface area contributed by atoms with E-state index in [1.807, 2.05) is 53.7 Å². The number of rotatable bonds is 1. The first-order valence-corrected chi connectivity index (χ1v) is 9.08. The van der Waals surface area contributed by atoms with Crippen LogP contribution in [0, 0.1) is 0 Å². The standard InChI is InChI=1S/C19H25NO4S/c1-18(2,3)12-7-11(8-13(15(12)21)19(4,5)6)9-14-16(22)20(10-25-14)17(23)24/h7-9,21H,10H2,1-6H3,(H,23,24)/b14-9-. The number of benzene rings is 1. The van der Waals surface area contributed by atoms with Gasteiger partial charge in [-0.2, -0.15) is 0 Å². The molecule has 136 valence electrons. The fourth-order valence-corrected chi connectivity index (χ4v) is 3.62. The van der Waals surface area contributed by atoms with E-state index in [1.54, 1.807) is 6.08 Å². The van der Waals surface area contributed by atoms with Crippen LogP contribution in [0.4, 0.5) is 4.79 Å². The van der Waals surface area contributed by atoms with Gasteiger partial charge in [0.2, 0.25) is 0 Å². The Bertz CT molecular complexity index is 719. The summed E-state index contributed by atoms with van der Waals surface area (Å²) in [6.45, 7) is 12.1. The Labute approximate surface area is 152 Å². The van der Waals surface area contributed by atoms with Crippen LogP contribution in [0.5, 0.6) is 5.75 Å². The normalized spacial score (nSPS) is 17.4. The van der Waals surface area contributed by atoms with Crippen LogP contribution in [0.25, 0.3) is 6.08 Å². The van der Waals surface area contributed by atoms with Crippen molar-refractivity contribution in [2.24, 2.45) is 0 Å². The summed E-state index contributed by atoms with van der Waals surface area (Å²) >= 11 is 1.21. The molecule has 0 radical (unpaired) electrons. The van der Waals surface area contributed by atoms with Crippen LogP contribution < -0.4 is 0 Å². The lowest BCUT2D eigenvalue weighted by Crippen LogP contribution is -2.30. The summed E-state index contributed by atoms with van der Waals surface area (Å²) in [4.78, 5) is 24.4. The zero-order valence-corrected chi connectivity index (χ0v) is 16.3. The molecule has 2 amide bonds. The van der Waals surface area contributed by atoms with Gasteiger partial charge in [0.1, 0.15) is 5.75 Å². The monoisotopic (exact) mass is 363 g/mol. The number of aromatic hydroxyl groups is 1. The number of hydrogen-bond acceptors (Lipinski definition) is 4. The van der Waals surface area contributed by atoms with E-state index in [1.165, 1.54) is 11.8 Å². The van der Waals surface area contributed by atoms with Gasteiger partial charge in [-0.1, -0.05) is 53.3 Å². The first-order chi connectivity index (χ1) is 11.3. The SMILES string of the molecule is CC(C)(C)c1cc(/C=C2\SCN(C(=O)O)C2=O)cc(C(C)(C)C)c1O. The van der Waals surface area contributed by atoms with Gasteiger partial charge in [0, 0.05) is 11.1 Å². The molecular weight excluding hydrogens is 338 g/mol. The van der Waals surface area contributed by atoms with Crippen molar-refractivity contribution in [2.75, 3.05) is 5.88 Å². The third-order valence-electron chi connectivity index (χ3n) is 4.08. The highest BCUT2D eigenvalue weighted by Crippen LogP contribution is 2.41. The second-order valence-corrected chi connectivity index (χ2v) is 9.25. The number of phenols is 1. The van der Waals surface area contributed by atoms with Gasteiger partial charge < -0.3 is 10.2 Å². The molecule has 1 aliphatic rings. The Morgan fingerprint density at radius 1 is 1.12 bits per heavy atom. The number of carboxylic acid groups (broad SMARTS) is 1. The smallest absolute Gasteiger partial charge is 0.415 e. The fourth-order valence-electron chi connectivity index (χ4n) is 2.67. The molecule has 1 aromatic rings. The molecule has 0 atom stereocenters. The average molecular weight is 363 g/mol. The van der Waals surface area contributed by atoms with E-state index in [9.17, 15) is 14.7 Å². The molecule has 0 saturated carbocycles. The summed E-state index contributed by atoms with van der Waals surface area (Å²) in [6, 6.07) is 3.74. The molecule has 2 rings (SSSR count). The number of hydrogen-bond donors (Lipinski definition) is 2. The number of carbonyl (C=O) groups excluding carboxylic acids is 1. The number of amides is 2. The molecule has 1 aromatic carbocycles. The van der Waals surface area contributed by atoms with Gasteiger partial charge in [-0.25, -0.2) is 9.69 Å². The van der Waals surface area contributed by atoms with Gasteiger partial charge in [0.15, 0.2) is 0 Å². The predicted octanol–water partition coefficient (Wildman–Crippen LogP) is 4.54. The van der Waals surface area contributed by atoms with E-state index in [4.69, 9.17) is 5.11 Å². The Morgan fingerprint density at radius 3 is 1.96 bits per heavy atom. The predicted molar refractivity (Wildman–Crippen MR) is 101 cm³/mol. The van der Waals surface area contributed by atoms with E-state index < -0.39 is 12.0 Å². The van der Waals surface area contributed by atoms with Crippen molar-refractivity contribution in [1.82, 2.24) is 4.90 Å². The lowest BCUT2D eigenvalue weighted by Gasteiger charge is -2.28. The van der Waals surface area contributed by atoms with Crippen LogP contribution in [0.2, 0.25) is 0 Å². The second-order valence-electron chi connectivity index (χ2n) is 8.26. The van der Waals surface area contributed by atoms with Crippen LogP contribution in [0.15, 0.2) is 17.0 Å². The number of thioether (sulfide) groups is 1. The van der Waals surface area contributed by atoms with Crippen molar-refractivity contribution in [3.8, 4) is 5.75 Å². The largest absolute Gasteiger partial charge is 0.507 e. The van der Waals surface area contributed by atoms with E-state index in [0.717, 1.165) is 21.6 Å². The van der Waals surface area contributed by atoms with Gasteiger partial charge in [-0.05, 0) is 34.6 Å². The van der Waals surface area contributed by atoms with E-state index >= 15 is 0 Å². The quantitative estimate of drug-likeness (QED) is 0.716. The van der Waals surface area contributed by atoms with Gasteiger partial charge in [-0.3, -0.25) is 4.79 Å². The first-order valence-electron chi connectivity index (χ1n) is 8.09. The molecule has 0 bridgehead atoms. The topological polar surface area (TPSA) is 77.8 Å². The average Bonchev–Trinajstić information content (AvgIpc) is 2.79. The number of imide groups is 1. The van der Waals surface area contributed by atoms with Crippen LogP contribution >= 0.6 is 11.8 Å². The minimum absolute atomic E-state index is 0.107. The van der Waals surface area contributed by atoms with Crippen molar-refractivity contribution < 1.29 is 19.8 Å². The third kappa shape index (κ3) is 4.00. The van der Waals surface area contributed by atoms with Crippen LogP contribution in [0.1, 0.15) is 58.2 Å².